The van der Waals surface area contributed by atoms with E-state index in [2.05, 4.69) is 50.5 Å². The number of carbonyl (C=O) groups is 2. The van der Waals surface area contributed by atoms with Gasteiger partial charge in [-0.15, -0.1) is 0 Å². The van der Waals surface area contributed by atoms with Crippen LogP contribution in [0.3, 0.4) is 0 Å². The van der Waals surface area contributed by atoms with Crippen LogP contribution in [0.15, 0.2) is 48.7 Å². The van der Waals surface area contributed by atoms with Gasteiger partial charge in [0.2, 0.25) is 0 Å². The summed E-state index contributed by atoms with van der Waals surface area (Å²) < 4.78 is 79.8. The Morgan fingerprint density at radius 2 is 1.47 bits per heavy atom. The molecule has 1 unspecified atom stereocenters. The van der Waals surface area contributed by atoms with Crippen LogP contribution in [-0.4, -0.2) is 93.5 Å². The van der Waals surface area contributed by atoms with Crippen molar-refractivity contribution < 1.29 is 50.5 Å². The number of likely N-dealkylation sites (N-methyl/N-ethyl adjacent to an activating group) is 1. The van der Waals surface area contributed by atoms with E-state index in [-0.39, 0.29) is 11.9 Å². The van der Waals surface area contributed by atoms with Gasteiger partial charge in [0.25, 0.3) is 0 Å². The highest BCUT2D eigenvalue weighted by atomic mass is 19.4. The summed E-state index contributed by atoms with van der Waals surface area (Å²) in [4.78, 5) is 29.9. The lowest BCUT2D eigenvalue weighted by Gasteiger charge is -2.38. The van der Waals surface area contributed by atoms with E-state index in [4.69, 9.17) is 24.8 Å². The van der Waals surface area contributed by atoms with Gasteiger partial charge in [0.15, 0.2) is 0 Å². The minimum absolute atomic E-state index is 0.119. The minimum atomic E-state index is -5.08. The number of carboxylic acids is 2. The number of pyridine rings is 1. The summed E-state index contributed by atoms with van der Waals surface area (Å²) in [6.07, 6.45) is -5.45. The molecule has 2 fully saturated rings. The first kappa shape index (κ1) is 33.6. The molecular weight excluding hydrogens is 591 g/mol. The normalized spacial score (nSPS) is 18.0. The second-order valence-electron chi connectivity index (χ2n) is 9.90. The number of aliphatic carboxylic acids is 2. The summed E-state index contributed by atoms with van der Waals surface area (Å²) >= 11 is 0. The molecule has 1 aromatic carbocycles. The van der Waals surface area contributed by atoms with E-state index in [0.717, 1.165) is 49.6 Å². The van der Waals surface area contributed by atoms with Crippen molar-refractivity contribution in [2.75, 3.05) is 44.7 Å². The highest BCUT2D eigenvalue weighted by Gasteiger charge is 2.39. The second-order valence-corrected chi connectivity index (χ2v) is 9.90. The van der Waals surface area contributed by atoms with Crippen LogP contribution >= 0.6 is 0 Å². The summed E-state index contributed by atoms with van der Waals surface area (Å²) in [5.74, 6) is -4.40. The van der Waals surface area contributed by atoms with Crippen LogP contribution in [-0.2, 0) is 16.1 Å². The molecule has 9 nitrogen and oxygen atoms in total. The number of hydrogen-bond acceptors (Lipinski definition) is 6. The number of aromatic nitrogens is 2. The predicted octanol–water partition coefficient (Wildman–Crippen LogP) is 4.83. The monoisotopic (exact) mass is 621 g/mol. The quantitative estimate of drug-likeness (QED) is 0.400. The molecule has 16 heteroatoms. The van der Waals surface area contributed by atoms with Gasteiger partial charge in [-0.25, -0.2) is 19.0 Å². The Hall–Kier alpha value is -3.92. The predicted molar refractivity (Wildman–Crippen MR) is 141 cm³/mol. The van der Waals surface area contributed by atoms with Crippen LogP contribution in [0.2, 0.25) is 0 Å². The molecule has 0 spiro atoms. The molecule has 3 aromatic rings. The molecule has 236 valence electrons. The van der Waals surface area contributed by atoms with Crippen LogP contribution < -0.4 is 4.90 Å². The standard InChI is InChI=1S/C23H28FN5.2C2HF3O2/c1-26-13-14-27(15-18-7-2-3-8-19(18)24)17-21(26)20-16-29-22(25-20)9-6-10-23(29)28-11-4-5-12-28;2*3-2(4,5)1(6)7/h2-3,6-10,16,21H,4-5,11-15,17H2,1H3;2*(H,6,7). The lowest BCUT2D eigenvalue weighted by atomic mass is 10.1. The van der Waals surface area contributed by atoms with Crippen molar-refractivity contribution in [1.29, 1.82) is 0 Å². The average molecular weight is 622 g/mol. The van der Waals surface area contributed by atoms with Gasteiger partial charge < -0.3 is 15.1 Å². The molecule has 1 atom stereocenters. The number of anilines is 1. The molecule has 43 heavy (non-hydrogen) atoms. The number of alkyl halides is 6. The molecule has 5 rings (SSSR count). The topological polar surface area (TPSA) is 102 Å². The van der Waals surface area contributed by atoms with Crippen molar-refractivity contribution in [3.05, 3.63) is 65.7 Å². The molecule has 0 bridgehead atoms. The van der Waals surface area contributed by atoms with E-state index in [0.29, 0.717) is 6.54 Å². The average Bonchev–Trinajstić information content (AvgIpc) is 3.61. The van der Waals surface area contributed by atoms with Crippen molar-refractivity contribution in [3.63, 3.8) is 0 Å². The number of carboxylic acid groups (broad SMARTS) is 2. The Bertz CT molecular complexity index is 1370. The Morgan fingerprint density at radius 3 is 2.02 bits per heavy atom. The zero-order valence-electron chi connectivity index (χ0n) is 22.9. The fourth-order valence-corrected chi connectivity index (χ4v) is 4.64. The third-order valence-electron chi connectivity index (χ3n) is 6.83. The molecule has 0 radical (unpaired) electrons. The van der Waals surface area contributed by atoms with Crippen molar-refractivity contribution in [1.82, 2.24) is 19.2 Å². The third-order valence-corrected chi connectivity index (χ3v) is 6.83. The van der Waals surface area contributed by atoms with Crippen LogP contribution in [0.5, 0.6) is 0 Å². The van der Waals surface area contributed by atoms with E-state index < -0.39 is 24.3 Å². The van der Waals surface area contributed by atoms with Crippen LogP contribution in [0.1, 0.15) is 30.1 Å². The molecule has 4 heterocycles. The maximum absolute atomic E-state index is 14.1. The molecule has 0 amide bonds. The Labute approximate surface area is 241 Å². The first-order valence-corrected chi connectivity index (χ1v) is 13.1. The van der Waals surface area contributed by atoms with Crippen molar-refractivity contribution in [2.45, 2.75) is 37.8 Å². The van der Waals surface area contributed by atoms with Crippen LogP contribution in [0.4, 0.5) is 36.6 Å². The van der Waals surface area contributed by atoms with Crippen molar-refractivity contribution in [3.8, 4) is 0 Å². The summed E-state index contributed by atoms with van der Waals surface area (Å²) in [6.45, 7) is 5.62. The largest absolute Gasteiger partial charge is 0.490 e. The van der Waals surface area contributed by atoms with Gasteiger partial charge in [-0.1, -0.05) is 24.3 Å². The number of nitrogens with zero attached hydrogens (tertiary/aromatic N) is 5. The highest BCUT2D eigenvalue weighted by Crippen LogP contribution is 2.28. The first-order chi connectivity index (χ1) is 20.1. The fraction of sp³-hybridized carbons (Fsp3) is 0.444. The smallest absolute Gasteiger partial charge is 0.475 e. The van der Waals surface area contributed by atoms with E-state index in [1.807, 2.05) is 12.1 Å². The SMILES string of the molecule is CN1CCN(Cc2ccccc2F)CC1c1cn2c(N3CCCC3)cccc2n1.O=C(O)C(F)(F)F.O=C(O)C(F)(F)F. The summed E-state index contributed by atoms with van der Waals surface area (Å²) in [5, 5.41) is 14.2. The number of hydrogen-bond donors (Lipinski definition) is 2. The number of halogens is 7. The lowest BCUT2D eigenvalue weighted by molar-refractivity contribution is -0.193. The summed E-state index contributed by atoms with van der Waals surface area (Å²) in [6, 6.07) is 13.7. The molecule has 2 aliphatic rings. The molecule has 2 aromatic heterocycles. The molecule has 0 saturated carbocycles. The maximum Gasteiger partial charge on any atom is 0.490 e. The van der Waals surface area contributed by atoms with Gasteiger partial charge in [0.1, 0.15) is 17.3 Å². The third kappa shape index (κ3) is 9.28. The van der Waals surface area contributed by atoms with E-state index in [9.17, 15) is 30.7 Å². The van der Waals surface area contributed by atoms with Gasteiger partial charge in [0, 0.05) is 51.0 Å². The van der Waals surface area contributed by atoms with Gasteiger partial charge in [-0.05, 0) is 38.1 Å². The second kappa shape index (κ2) is 14.0. The highest BCUT2D eigenvalue weighted by molar-refractivity contribution is 5.73. The van der Waals surface area contributed by atoms with Gasteiger partial charge in [0.05, 0.1) is 11.7 Å². The van der Waals surface area contributed by atoms with Crippen molar-refractivity contribution in [2.24, 2.45) is 0 Å². The number of rotatable bonds is 4. The zero-order valence-corrected chi connectivity index (χ0v) is 22.9. The first-order valence-electron chi connectivity index (χ1n) is 13.1. The fourth-order valence-electron chi connectivity index (χ4n) is 4.64. The molecular formula is C27H30F7N5O4. The maximum atomic E-state index is 14.1. The molecule has 2 saturated heterocycles. The van der Waals surface area contributed by atoms with E-state index in [1.165, 1.54) is 18.7 Å². The summed E-state index contributed by atoms with van der Waals surface area (Å²) in [5.41, 5.74) is 2.86. The number of fused-ring (bicyclic) bond motifs is 1. The van der Waals surface area contributed by atoms with Crippen molar-refractivity contribution >= 4 is 23.4 Å². The van der Waals surface area contributed by atoms with Gasteiger partial charge >= 0.3 is 24.3 Å². The van der Waals surface area contributed by atoms with Crippen LogP contribution in [0.25, 0.3) is 5.65 Å². The number of benzene rings is 1. The van der Waals surface area contributed by atoms with Gasteiger partial charge in [-0.3, -0.25) is 14.2 Å². The summed E-state index contributed by atoms with van der Waals surface area (Å²) in [7, 11) is 2.16. The molecule has 2 aliphatic heterocycles. The molecule has 2 N–H and O–H groups in total. The Morgan fingerprint density at radius 1 is 0.884 bits per heavy atom. The number of imidazole rings is 1. The Kier molecular flexibility index (Phi) is 11.0. The Balaban J connectivity index is 0.000000303. The van der Waals surface area contributed by atoms with Crippen LogP contribution in [0, 0.1) is 5.82 Å². The number of piperazine rings is 1. The van der Waals surface area contributed by atoms with E-state index in [1.54, 1.807) is 12.1 Å². The lowest BCUT2D eigenvalue weighted by Crippen LogP contribution is -2.46. The zero-order chi connectivity index (χ0) is 31.9. The van der Waals surface area contributed by atoms with Gasteiger partial charge in [-0.2, -0.15) is 26.3 Å². The van der Waals surface area contributed by atoms with E-state index >= 15 is 0 Å². The minimum Gasteiger partial charge on any atom is -0.475 e. The molecule has 0 aliphatic carbocycles.